The Hall–Kier alpha value is -0.810. The number of rotatable bonds is 5. The molecular formula is C13H27N3O2. The van der Waals surface area contributed by atoms with E-state index in [1.54, 1.807) is 7.11 Å². The molecule has 0 amide bonds. The van der Waals surface area contributed by atoms with Gasteiger partial charge in [-0.15, -0.1) is 0 Å². The minimum absolute atomic E-state index is 0.0884. The molecule has 0 spiro atoms. The lowest BCUT2D eigenvalue weighted by atomic mass is 9.78. The minimum atomic E-state index is -0.732. The molecule has 1 saturated carbocycles. The first kappa shape index (κ1) is 15.2. The van der Waals surface area contributed by atoms with Crippen molar-refractivity contribution >= 4 is 5.96 Å². The molecular weight excluding hydrogens is 230 g/mol. The van der Waals surface area contributed by atoms with Crippen LogP contribution in [0.15, 0.2) is 4.99 Å². The van der Waals surface area contributed by atoms with Gasteiger partial charge in [0.1, 0.15) is 0 Å². The molecule has 106 valence electrons. The van der Waals surface area contributed by atoms with Gasteiger partial charge in [0.15, 0.2) is 5.96 Å². The van der Waals surface area contributed by atoms with Gasteiger partial charge in [-0.05, 0) is 31.6 Å². The normalized spacial score (nSPS) is 29.3. The summed E-state index contributed by atoms with van der Waals surface area (Å²) < 4.78 is 5.01. The zero-order chi connectivity index (χ0) is 13.8. The smallest absolute Gasteiger partial charge is 0.188 e. The van der Waals surface area contributed by atoms with Crippen LogP contribution in [-0.2, 0) is 4.74 Å². The molecule has 18 heavy (non-hydrogen) atoms. The van der Waals surface area contributed by atoms with Crippen LogP contribution in [0.5, 0.6) is 0 Å². The second-order valence-corrected chi connectivity index (χ2v) is 5.97. The standard InChI is InChI=1S/C13H27N3O2/c1-10(8-18-4)16-11(14)15-9-13(17)7-5-6-12(13,2)3/h10,17H,5-9H2,1-4H3,(H3,14,15,16). The zero-order valence-corrected chi connectivity index (χ0v) is 12.0. The first-order valence-electron chi connectivity index (χ1n) is 6.58. The van der Waals surface area contributed by atoms with Crippen molar-refractivity contribution in [2.75, 3.05) is 20.3 Å². The fourth-order valence-corrected chi connectivity index (χ4v) is 2.49. The highest BCUT2D eigenvalue weighted by Gasteiger charge is 2.47. The lowest BCUT2D eigenvalue weighted by Gasteiger charge is -2.35. The Morgan fingerprint density at radius 3 is 2.67 bits per heavy atom. The van der Waals surface area contributed by atoms with Gasteiger partial charge < -0.3 is 20.9 Å². The van der Waals surface area contributed by atoms with Gasteiger partial charge in [-0.25, -0.2) is 0 Å². The fourth-order valence-electron chi connectivity index (χ4n) is 2.49. The van der Waals surface area contributed by atoms with Crippen LogP contribution in [0.2, 0.25) is 0 Å². The van der Waals surface area contributed by atoms with E-state index in [0.29, 0.717) is 19.1 Å². The summed E-state index contributed by atoms with van der Waals surface area (Å²) in [6.45, 7) is 7.09. The molecule has 1 rings (SSSR count). The van der Waals surface area contributed by atoms with Gasteiger partial charge in [-0.1, -0.05) is 13.8 Å². The van der Waals surface area contributed by atoms with E-state index in [1.807, 2.05) is 6.92 Å². The van der Waals surface area contributed by atoms with Crippen LogP contribution in [0.1, 0.15) is 40.0 Å². The maximum Gasteiger partial charge on any atom is 0.188 e. The van der Waals surface area contributed by atoms with Crippen LogP contribution in [0, 0.1) is 5.41 Å². The largest absolute Gasteiger partial charge is 0.387 e. The van der Waals surface area contributed by atoms with E-state index in [2.05, 4.69) is 24.2 Å². The third-order valence-corrected chi connectivity index (χ3v) is 3.97. The number of nitrogens with zero attached hydrogens (tertiary/aromatic N) is 1. The topological polar surface area (TPSA) is 79.9 Å². The summed E-state index contributed by atoms with van der Waals surface area (Å²) in [7, 11) is 1.65. The predicted octanol–water partition coefficient (Wildman–Crippen LogP) is 0.867. The molecule has 5 nitrogen and oxygen atoms in total. The summed E-state index contributed by atoms with van der Waals surface area (Å²) in [6, 6.07) is 0.116. The molecule has 0 aromatic rings. The Balaban J connectivity index is 2.52. The molecule has 1 aliphatic rings. The molecule has 4 N–H and O–H groups in total. The van der Waals surface area contributed by atoms with Crippen LogP contribution in [0.3, 0.4) is 0 Å². The Morgan fingerprint density at radius 1 is 1.50 bits per heavy atom. The quantitative estimate of drug-likeness (QED) is 0.504. The number of ether oxygens (including phenoxy) is 1. The van der Waals surface area contributed by atoms with Gasteiger partial charge in [-0.3, -0.25) is 4.99 Å². The van der Waals surface area contributed by atoms with Gasteiger partial charge in [0, 0.05) is 13.2 Å². The molecule has 0 bridgehead atoms. The van der Waals surface area contributed by atoms with Crippen molar-refractivity contribution in [1.29, 1.82) is 0 Å². The number of aliphatic imine (C=N–C) groups is 1. The summed E-state index contributed by atoms with van der Waals surface area (Å²) in [5.74, 6) is 0.371. The van der Waals surface area contributed by atoms with E-state index < -0.39 is 5.60 Å². The SMILES string of the molecule is COCC(C)NC(N)=NCC1(O)CCCC1(C)C. The fraction of sp³-hybridized carbons (Fsp3) is 0.923. The Kier molecular flexibility index (Phi) is 4.99. The van der Waals surface area contributed by atoms with Crippen LogP contribution in [-0.4, -0.2) is 43.0 Å². The Bertz CT molecular complexity index is 305. The molecule has 5 heteroatoms. The molecule has 0 aliphatic heterocycles. The first-order valence-corrected chi connectivity index (χ1v) is 6.58. The number of aliphatic hydroxyl groups is 1. The van der Waals surface area contributed by atoms with Gasteiger partial charge in [0.05, 0.1) is 18.8 Å². The zero-order valence-electron chi connectivity index (χ0n) is 12.0. The average Bonchev–Trinajstić information content (AvgIpc) is 2.51. The summed E-state index contributed by atoms with van der Waals surface area (Å²) in [5.41, 5.74) is 4.98. The highest BCUT2D eigenvalue weighted by molar-refractivity contribution is 5.78. The number of guanidine groups is 1. The van der Waals surface area contributed by atoms with E-state index in [4.69, 9.17) is 10.5 Å². The summed E-state index contributed by atoms with van der Waals surface area (Å²) >= 11 is 0. The molecule has 0 saturated heterocycles. The van der Waals surface area contributed by atoms with E-state index in [-0.39, 0.29) is 11.5 Å². The number of hydrogen-bond acceptors (Lipinski definition) is 3. The second-order valence-electron chi connectivity index (χ2n) is 5.97. The van der Waals surface area contributed by atoms with Crippen molar-refractivity contribution in [2.45, 2.75) is 51.7 Å². The molecule has 2 unspecified atom stereocenters. The lowest BCUT2D eigenvalue weighted by molar-refractivity contribution is -0.0335. The Labute approximate surface area is 110 Å². The molecule has 1 aliphatic carbocycles. The number of hydrogen-bond donors (Lipinski definition) is 3. The van der Waals surface area contributed by atoms with E-state index in [9.17, 15) is 5.11 Å². The van der Waals surface area contributed by atoms with Crippen molar-refractivity contribution in [2.24, 2.45) is 16.1 Å². The van der Waals surface area contributed by atoms with Gasteiger partial charge in [-0.2, -0.15) is 0 Å². The Morgan fingerprint density at radius 2 is 2.17 bits per heavy atom. The summed E-state index contributed by atoms with van der Waals surface area (Å²) in [6.07, 6.45) is 2.88. The van der Waals surface area contributed by atoms with Crippen molar-refractivity contribution in [3.05, 3.63) is 0 Å². The van der Waals surface area contributed by atoms with Crippen molar-refractivity contribution in [3.8, 4) is 0 Å². The van der Waals surface area contributed by atoms with E-state index >= 15 is 0 Å². The average molecular weight is 257 g/mol. The first-order chi connectivity index (χ1) is 8.31. The van der Waals surface area contributed by atoms with Gasteiger partial charge in [0.25, 0.3) is 0 Å². The number of nitrogens with two attached hydrogens (primary N) is 1. The monoisotopic (exact) mass is 257 g/mol. The number of nitrogens with one attached hydrogen (secondary N) is 1. The minimum Gasteiger partial charge on any atom is -0.387 e. The van der Waals surface area contributed by atoms with Gasteiger partial charge in [0.2, 0.25) is 0 Å². The maximum absolute atomic E-state index is 10.6. The third kappa shape index (κ3) is 3.59. The van der Waals surface area contributed by atoms with Crippen molar-refractivity contribution in [3.63, 3.8) is 0 Å². The molecule has 2 atom stereocenters. The molecule has 0 heterocycles. The van der Waals surface area contributed by atoms with Crippen molar-refractivity contribution < 1.29 is 9.84 Å². The molecule has 1 fully saturated rings. The maximum atomic E-state index is 10.6. The van der Waals surface area contributed by atoms with E-state index in [1.165, 1.54) is 0 Å². The molecule has 0 radical (unpaired) electrons. The van der Waals surface area contributed by atoms with Crippen LogP contribution >= 0.6 is 0 Å². The highest BCUT2D eigenvalue weighted by Crippen LogP contribution is 2.45. The predicted molar refractivity (Wildman–Crippen MR) is 73.5 cm³/mol. The van der Waals surface area contributed by atoms with Crippen LogP contribution < -0.4 is 11.1 Å². The molecule has 0 aromatic carbocycles. The van der Waals surface area contributed by atoms with Crippen LogP contribution in [0.4, 0.5) is 0 Å². The summed E-state index contributed by atoms with van der Waals surface area (Å²) in [4.78, 5) is 4.27. The van der Waals surface area contributed by atoms with Crippen LogP contribution in [0.25, 0.3) is 0 Å². The number of methoxy groups -OCH3 is 1. The third-order valence-electron chi connectivity index (χ3n) is 3.97. The highest BCUT2D eigenvalue weighted by atomic mass is 16.5. The van der Waals surface area contributed by atoms with E-state index in [0.717, 1.165) is 19.3 Å². The van der Waals surface area contributed by atoms with Gasteiger partial charge >= 0.3 is 0 Å². The molecule has 0 aromatic heterocycles. The second kappa shape index (κ2) is 5.89. The van der Waals surface area contributed by atoms with Crippen molar-refractivity contribution in [1.82, 2.24) is 5.32 Å². The summed E-state index contributed by atoms with van der Waals surface area (Å²) in [5, 5.41) is 13.6. The lowest BCUT2D eigenvalue weighted by Crippen LogP contribution is -2.45.